The van der Waals surface area contributed by atoms with Gasteiger partial charge in [-0.3, -0.25) is 0 Å². The number of aliphatic hydroxyl groups is 2. The first-order valence-electron chi connectivity index (χ1n) is 3.79. The molecule has 2 aliphatic carbocycles. The predicted octanol–water partition coefficient (Wildman–Crippen LogP) is 0.922. The fourth-order valence-corrected chi connectivity index (χ4v) is 3.07. The molecule has 2 nitrogen and oxygen atoms in total. The Hall–Kier alpha value is 0.500. The van der Waals surface area contributed by atoms with Gasteiger partial charge in [-0.1, -0.05) is 0 Å². The van der Waals surface area contributed by atoms with E-state index in [4.69, 9.17) is 23.2 Å². The monoisotopic (exact) mass is 196 g/mol. The molecule has 2 saturated carbocycles. The van der Waals surface area contributed by atoms with Crippen LogP contribution in [0.25, 0.3) is 0 Å². The summed E-state index contributed by atoms with van der Waals surface area (Å²) in [7, 11) is 0. The molecule has 0 unspecified atom stereocenters. The summed E-state index contributed by atoms with van der Waals surface area (Å²) in [4.78, 5) is 0. The summed E-state index contributed by atoms with van der Waals surface area (Å²) in [5.41, 5.74) is 0. The molecule has 2 N–H and O–H groups in total. The Bertz CT molecular complexity index is 165. The number of hydrogen-bond donors (Lipinski definition) is 2. The van der Waals surface area contributed by atoms with Crippen LogP contribution in [-0.2, 0) is 0 Å². The van der Waals surface area contributed by atoms with Crippen LogP contribution >= 0.6 is 23.2 Å². The van der Waals surface area contributed by atoms with E-state index in [9.17, 15) is 10.2 Å². The molecule has 0 spiro atoms. The minimum Gasteiger partial charge on any atom is -0.393 e. The number of halogens is 2. The predicted molar refractivity (Wildman–Crippen MR) is 42.7 cm³/mol. The van der Waals surface area contributed by atoms with Crippen molar-refractivity contribution in [2.24, 2.45) is 11.8 Å². The van der Waals surface area contributed by atoms with E-state index in [-0.39, 0.29) is 11.8 Å². The zero-order chi connectivity index (χ0) is 8.22. The largest absolute Gasteiger partial charge is 0.393 e. The molecule has 0 radical (unpaired) electrons. The fraction of sp³-hybridized carbons (Fsp3) is 1.00. The van der Waals surface area contributed by atoms with E-state index < -0.39 is 16.5 Å². The quantitative estimate of drug-likeness (QED) is 0.567. The fourth-order valence-electron chi connectivity index (χ4n) is 2.07. The van der Waals surface area contributed by atoms with E-state index in [1.165, 1.54) is 0 Å². The van der Waals surface area contributed by atoms with Crippen molar-refractivity contribution in [1.29, 1.82) is 0 Å². The maximum absolute atomic E-state index is 9.39. The average Bonchev–Trinajstić information content (AvgIpc) is 2.47. The lowest BCUT2D eigenvalue weighted by Gasteiger charge is -2.18. The van der Waals surface area contributed by atoms with Crippen LogP contribution in [0.2, 0.25) is 0 Å². The summed E-state index contributed by atoms with van der Waals surface area (Å²) < 4.78 is -0.866. The van der Waals surface area contributed by atoms with Gasteiger partial charge in [0.2, 0.25) is 0 Å². The van der Waals surface area contributed by atoms with Gasteiger partial charge in [0.25, 0.3) is 0 Å². The normalized spacial score (nSPS) is 53.5. The molecule has 4 heteroatoms. The maximum Gasteiger partial charge on any atom is 0.129 e. The molecule has 2 rings (SSSR count). The highest BCUT2D eigenvalue weighted by atomic mass is 35.5. The highest BCUT2D eigenvalue weighted by Crippen LogP contribution is 2.65. The van der Waals surface area contributed by atoms with Crippen molar-refractivity contribution in [3.8, 4) is 0 Å². The molecule has 0 aliphatic heterocycles. The molecule has 2 fully saturated rings. The third kappa shape index (κ3) is 1.00. The maximum atomic E-state index is 9.39. The lowest BCUT2D eigenvalue weighted by molar-refractivity contribution is 0.0446. The molecule has 0 aromatic rings. The van der Waals surface area contributed by atoms with Gasteiger partial charge in [-0.25, -0.2) is 0 Å². The van der Waals surface area contributed by atoms with Crippen molar-refractivity contribution in [1.82, 2.24) is 0 Å². The third-order valence-corrected chi connectivity index (χ3v) is 3.76. The molecule has 0 heterocycles. The molecule has 0 saturated heterocycles. The molecular formula is C7H10Cl2O2. The van der Waals surface area contributed by atoms with Crippen LogP contribution < -0.4 is 0 Å². The first kappa shape index (κ1) is 8.11. The molecule has 64 valence electrons. The van der Waals surface area contributed by atoms with Crippen LogP contribution in [0.4, 0.5) is 0 Å². The Labute approximate surface area is 75.1 Å². The van der Waals surface area contributed by atoms with E-state index in [0.29, 0.717) is 12.8 Å². The minimum atomic E-state index is -0.866. The Balaban J connectivity index is 2.15. The van der Waals surface area contributed by atoms with Gasteiger partial charge in [0, 0.05) is 11.8 Å². The van der Waals surface area contributed by atoms with E-state index in [1.54, 1.807) is 0 Å². The van der Waals surface area contributed by atoms with Gasteiger partial charge in [-0.05, 0) is 12.8 Å². The van der Waals surface area contributed by atoms with Gasteiger partial charge in [0.15, 0.2) is 0 Å². The first-order chi connectivity index (χ1) is 5.05. The number of aliphatic hydroxyl groups excluding tert-OH is 2. The lowest BCUT2D eigenvalue weighted by Crippen LogP contribution is -2.24. The second kappa shape index (κ2) is 2.25. The Kier molecular flexibility index (Phi) is 1.66. The molecular weight excluding hydrogens is 187 g/mol. The van der Waals surface area contributed by atoms with Gasteiger partial charge in [0.1, 0.15) is 4.33 Å². The highest BCUT2D eigenvalue weighted by Gasteiger charge is 2.70. The van der Waals surface area contributed by atoms with Gasteiger partial charge >= 0.3 is 0 Å². The summed E-state index contributed by atoms with van der Waals surface area (Å²) in [6.45, 7) is 0. The Morgan fingerprint density at radius 2 is 1.36 bits per heavy atom. The Morgan fingerprint density at radius 1 is 1.00 bits per heavy atom. The van der Waals surface area contributed by atoms with Gasteiger partial charge in [0.05, 0.1) is 12.2 Å². The highest BCUT2D eigenvalue weighted by molar-refractivity contribution is 6.51. The van der Waals surface area contributed by atoms with Crippen LogP contribution in [0, 0.1) is 11.8 Å². The molecule has 11 heavy (non-hydrogen) atoms. The Morgan fingerprint density at radius 3 is 1.73 bits per heavy atom. The van der Waals surface area contributed by atoms with E-state index >= 15 is 0 Å². The molecule has 0 amide bonds. The van der Waals surface area contributed by atoms with Gasteiger partial charge in [-0.2, -0.15) is 0 Å². The molecule has 2 aliphatic rings. The summed E-state index contributed by atoms with van der Waals surface area (Å²) in [5.74, 6) is -0.204. The second-order valence-electron chi connectivity index (χ2n) is 3.44. The summed E-state index contributed by atoms with van der Waals surface area (Å²) in [5, 5.41) is 18.8. The van der Waals surface area contributed by atoms with Crippen molar-refractivity contribution in [2.45, 2.75) is 29.4 Å². The zero-order valence-corrected chi connectivity index (χ0v) is 7.39. The number of rotatable bonds is 0. The average molecular weight is 197 g/mol. The molecule has 0 aromatic carbocycles. The topological polar surface area (TPSA) is 40.5 Å². The lowest BCUT2D eigenvalue weighted by atomic mass is 9.95. The van der Waals surface area contributed by atoms with E-state index in [0.717, 1.165) is 0 Å². The first-order valence-corrected chi connectivity index (χ1v) is 4.54. The van der Waals surface area contributed by atoms with Crippen LogP contribution in [0.1, 0.15) is 12.8 Å². The van der Waals surface area contributed by atoms with Crippen LogP contribution in [0.5, 0.6) is 0 Å². The molecule has 4 atom stereocenters. The van der Waals surface area contributed by atoms with Gasteiger partial charge in [-0.15, -0.1) is 23.2 Å². The van der Waals surface area contributed by atoms with E-state index in [1.807, 2.05) is 0 Å². The standard InChI is InChI=1S/C7H10Cl2O2/c8-7(9)5-3(10)1-2-4(11)6(5)7/h3-6,10-11H,1-2H2/t3-,4+,5+,6-. The minimum absolute atomic E-state index is 0.102. The van der Waals surface area contributed by atoms with Crippen molar-refractivity contribution in [2.75, 3.05) is 0 Å². The van der Waals surface area contributed by atoms with Crippen molar-refractivity contribution in [3.63, 3.8) is 0 Å². The third-order valence-electron chi connectivity index (χ3n) is 2.75. The smallest absolute Gasteiger partial charge is 0.129 e. The molecule has 0 bridgehead atoms. The summed E-state index contributed by atoms with van der Waals surface area (Å²) >= 11 is 11.7. The summed E-state index contributed by atoms with van der Waals surface area (Å²) in [6.07, 6.45) is 0.393. The van der Waals surface area contributed by atoms with Crippen LogP contribution in [0.3, 0.4) is 0 Å². The van der Waals surface area contributed by atoms with E-state index in [2.05, 4.69) is 0 Å². The van der Waals surface area contributed by atoms with Gasteiger partial charge < -0.3 is 10.2 Å². The SMILES string of the molecule is O[C@@H]1CC[C@H](O)[C@@H]2[C@H]1C2(Cl)Cl. The number of alkyl halides is 2. The van der Waals surface area contributed by atoms with Crippen LogP contribution in [0.15, 0.2) is 0 Å². The number of hydrogen-bond acceptors (Lipinski definition) is 2. The van der Waals surface area contributed by atoms with Crippen molar-refractivity contribution in [3.05, 3.63) is 0 Å². The summed E-state index contributed by atoms with van der Waals surface area (Å²) in [6, 6.07) is 0. The van der Waals surface area contributed by atoms with Crippen molar-refractivity contribution < 1.29 is 10.2 Å². The van der Waals surface area contributed by atoms with Crippen LogP contribution in [-0.4, -0.2) is 26.8 Å². The second-order valence-corrected chi connectivity index (χ2v) is 4.88. The number of fused-ring (bicyclic) bond motifs is 1. The molecule has 0 aromatic heterocycles. The van der Waals surface area contributed by atoms with Crippen molar-refractivity contribution >= 4 is 23.2 Å². The zero-order valence-electron chi connectivity index (χ0n) is 5.87.